The largest absolute Gasteiger partial charge is 0.457 e. The summed E-state index contributed by atoms with van der Waals surface area (Å²) in [5.74, 6) is 4.60. The summed E-state index contributed by atoms with van der Waals surface area (Å²) in [6.45, 7) is 4.18. The van der Waals surface area contributed by atoms with Gasteiger partial charge in [-0.2, -0.15) is 22.7 Å². The van der Waals surface area contributed by atoms with Crippen LogP contribution in [0.4, 0.5) is 0 Å². The molecule has 13 rings (SSSR count). The molecule has 0 amide bonds. The second-order valence-electron chi connectivity index (χ2n) is 17.4. The molecule has 0 aliphatic carbocycles. The summed E-state index contributed by atoms with van der Waals surface area (Å²) < 4.78 is 18.2. The number of ether oxygens (including phenoxy) is 2. The highest BCUT2D eigenvalue weighted by molar-refractivity contribution is 7.08. The number of para-hydroxylation sites is 2. The Hall–Kier alpha value is -8.70. The molecule has 0 aliphatic rings. The lowest BCUT2D eigenvalue weighted by Crippen LogP contribution is -1.98. The third-order valence-electron chi connectivity index (χ3n) is 12.9. The van der Waals surface area contributed by atoms with Gasteiger partial charge >= 0.3 is 0 Å². The minimum atomic E-state index is 0.716. The van der Waals surface area contributed by atoms with E-state index < -0.39 is 0 Å². The van der Waals surface area contributed by atoms with Crippen molar-refractivity contribution in [1.82, 2.24) is 29.1 Å². The van der Waals surface area contributed by atoms with Crippen LogP contribution in [0.3, 0.4) is 0 Å². The van der Waals surface area contributed by atoms with E-state index in [9.17, 15) is 0 Å². The minimum absolute atomic E-state index is 0.716. The van der Waals surface area contributed by atoms with Gasteiger partial charge in [-0.3, -0.25) is 19.1 Å². The molecule has 0 atom stereocenters. The molecule has 0 saturated heterocycles. The van der Waals surface area contributed by atoms with E-state index >= 15 is 0 Å². The zero-order valence-electron chi connectivity index (χ0n) is 37.9. The zero-order chi connectivity index (χ0) is 46.7. The summed E-state index contributed by atoms with van der Waals surface area (Å²) in [5, 5.41) is 13.0. The van der Waals surface area contributed by atoms with Crippen LogP contribution in [-0.4, -0.2) is 29.1 Å². The van der Waals surface area contributed by atoms with Gasteiger partial charge in [0, 0.05) is 68.3 Å². The molecule has 0 bridgehead atoms. The quantitative estimate of drug-likeness (QED) is 0.136. The Labute approximate surface area is 411 Å². The van der Waals surface area contributed by atoms with Crippen LogP contribution in [0.5, 0.6) is 23.0 Å². The van der Waals surface area contributed by atoms with E-state index in [-0.39, 0.29) is 0 Å². The zero-order valence-corrected chi connectivity index (χ0v) is 39.6. The van der Waals surface area contributed by atoms with Crippen LogP contribution in [0, 0.1) is 13.8 Å². The summed E-state index contributed by atoms with van der Waals surface area (Å²) in [6.07, 6.45) is 7.39. The van der Waals surface area contributed by atoms with E-state index in [1.165, 1.54) is 0 Å². The highest BCUT2D eigenvalue weighted by Gasteiger charge is 2.19. The number of aryl methyl sites for hydroxylation is 2. The molecule has 10 heteroatoms. The summed E-state index contributed by atoms with van der Waals surface area (Å²) >= 11 is 3.31. The molecule has 6 aromatic carbocycles. The fraction of sp³-hybridized carbons (Fsp3) is 0.0333. The van der Waals surface area contributed by atoms with Crippen LogP contribution in [0.25, 0.3) is 100 Å². The lowest BCUT2D eigenvalue weighted by Gasteiger charge is -2.14. The Bertz CT molecular complexity index is 3830. The lowest BCUT2D eigenvalue weighted by molar-refractivity contribution is 0.485. The summed E-state index contributed by atoms with van der Waals surface area (Å²) in [7, 11) is 0. The third-order valence-corrected chi connectivity index (χ3v) is 14.2. The van der Waals surface area contributed by atoms with Gasteiger partial charge in [-0.15, -0.1) is 0 Å². The Balaban J connectivity index is 0.846. The highest BCUT2D eigenvalue weighted by Crippen LogP contribution is 2.42. The molecule has 0 saturated carbocycles. The van der Waals surface area contributed by atoms with Crippen molar-refractivity contribution in [2.45, 2.75) is 13.8 Å². The second kappa shape index (κ2) is 17.1. The van der Waals surface area contributed by atoms with Crippen molar-refractivity contribution in [3.63, 3.8) is 0 Å². The van der Waals surface area contributed by atoms with Gasteiger partial charge in [0.1, 0.15) is 34.6 Å². The predicted octanol–water partition coefficient (Wildman–Crippen LogP) is 16.5. The number of pyridine rings is 2. The van der Waals surface area contributed by atoms with E-state index in [2.05, 4.69) is 178 Å². The Morgan fingerprint density at radius 2 is 0.857 bits per heavy atom. The van der Waals surface area contributed by atoms with Crippen molar-refractivity contribution in [2.75, 3.05) is 0 Å². The molecule has 334 valence electrons. The first kappa shape index (κ1) is 41.5. The van der Waals surface area contributed by atoms with Crippen LogP contribution >= 0.6 is 22.7 Å². The van der Waals surface area contributed by atoms with Crippen molar-refractivity contribution < 1.29 is 9.47 Å². The monoisotopic (exact) mass is 940 g/mol. The SMILES string of the molecule is Cc1ccnc(-n2c3ccccc3c3ccc(Oc4cc(-c5cnc(-c6ccc(-c7ccsc7)c(Oc7ccc8c9ccccc9n(-c9cc(C)ccn9)c8c7)c6)cn5)ccc4-c4ccsc4)cc32)c1. The number of hydrogen-bond acceptors (Lipinski definition) is 8. The molecule has 8 nitrogen and oxygen atoms in total. The molecular weight excluding hydrogens is 901 g/mol. The molecule has 0 N–H and O–H groups in total. The first-order chi connectivity index (χ1) is 34.5. The first-order valence-corrected chi connectivity index (χ1v) is 24.8. The van der Waals surface area contributed by atoms with Gasteiger partial charge in [0.15, 0.2) is 0 Å². The molecule has 0 aliphatic heterocycles. The van der Waals surface area contributed by atoms with Crippen molar-refractivity contribution in [3.8, 4) is 79.4 Å². The van der Waals surface area contributed by atoms with Crippen molar-refractivity contribution in [2.24, 2.45) is 0 Å². The van der Waals surface area contributed by atoms with Gasteiger partial charge in [0.25, 0.3) is 0 Å². The Morgan fingerprint density at radius 3 is 1.29 bits per heavy atom. The average molecular weight is 941 g/mol. The van der Waals surface area contributed by atoms with Crippen molar-refractivity contribution in [1.29, 1.82) is 0 Å². The third kappa shape index (κ3) is 7.38. The molecule has 7 heterocycles. The van der Waals surface area contributed by atoms with Gasteiger partial charge in [0.05, 0.1) is 45.8 Å². The lowest BCUT2D eigenvalue weighted by atomic mass is 10.0. The number of aromatic nitrogens is 6. The Kier molecular flexibility index (Phi) is 10.1. The number of hydrogen-bond donors (Lipinski definition) is 0. The van der Waals surface area contributed by atoms with Gasteiger partial charge in [-0.05, 0) is 155 Å². The number of rotatable bonds is 10. The van der Waals surface area contributed by atoms with Crippen LogP contribution in [0.15, 0.2) is 204 Å². The molecule has 0 unspecified atom stereocenters. The topological polar surface area (TPSA) is 79.9 Å². The second-order valence-corrected chi connectivity index (χ2v) is 18.9. The standard InChI is InChI=1S/C60H40N6O2S2/c1-37-19-23-61-59(27-37)65-53-9-5-3-7-47(53)49-17-13-43(31-55(49)65)67-57-29-39(11-15-45(57)41-21-25-69-35-41)51-33-64-52(34-63-51)40-12-16-46(42-22-26-70-36-42)58(30-40)68-44-14-18-50-48-8-4-6-10-54(48)66(56(50)32-44)60-28-38(2)20-24-62-60/h3-36H,1-2H3. The molecule has 0 fully saturated rings. The van der Waals surface area contributed by atoms with E-state index in [1.54, 1.807) is 22.7 Å². The minimum Gasteiger partial charge on any atom is -0.457 e. The van der Waals surface area contributed by atoms with Crippen LogP contribution in [-0.2, 0) is 0 Å². The van der Waals surface area contributed by atoms with E-state index in [0.29, 0.717) is 11.5 Å². The number of fused-ring (bicyclic) bond motifs is 6. The van der Waals surface area contributed by atoms with Crippen LogP contribution in [0.2, 0.25) is 0 Å². The van der Waals surface area contributed by atoms with Crippen LogP contribution in [0.1, 0.15) is 11.1 Å². The maximum absolute atomic E-state index is 6.89. The molecule has 70 heavy (non-hydrogen) atoms. The van der Waals surface area contributed by atoms with E-state index in [1.807, 2.05) is 49.1 Å². The molecule has 7 aromatic heterocycles. The van der Waals surface area contributed by atoms with E-state index in [4.69, 9.17) is 29.4 Å². The summed E-state index contributed by atoms with van der Waals surface area (Å²) in [6, 6.07) is 54.5. The maximum Gasteiger partial charge on any atom is 0.137 e. The average Bonchev–Trinajstić information content (AvgIpc) is 4.23. The fourth-order valence-corrected chi connectivity index (χ4v) is 10.8. The van der Waals surface area contributed by atoms with Crippen LogP contribution < -0.4 is 9.47 Å². The summed E-state index contributed by atoms with van der Waals surface area (Å²) in [5.41, 5.74) is 13.9. The number of thiophene rings is 2. The maximum atomic E-state index is 6.89. The molecular formula is C60H40N6O2S2. The van der Waals surface area contributed by atoms with Crippen molar-refractivity contribution >= 4 is 66.3 Å². The normalized spacial score (nSPS) is 11.6. The summed E-state index contributed by atoms with van der Waals surface area (Å²) in [4.78, 5) is 19.6. The molecule has 13 aromatic rings. The molecule has 0 radical (unpaired) electrons. The fourth-order valence-electron chi connectivity index (χ4n) is 9.53. The van der Waals surface area contributed by atoms with Gasteiger partial charge < -0.3 is 9.47 Å². The Morgan fingerprint density at radius 1 is 0.400 bits per heavy atom. The molecule has 0 spiro atoms. The van der Waals surface area contributed by atoms with Gasteiger partial charge in [0.2, 0.25) is 0 Å². The highest BCUT2D eigenvalue weighted by atomic mass is 32.1. The van der Waals surface area contributed by atoms with Crippen molar-refractivity contribution in [3.05, 3.63) is 215 Å². The first-order valence-electron chi connectivity index (χ1n) is 22.9. The number of nitrogens with zero attached hydrogens (tertiary/aromatic N) is 6. The predicted molar refractivity (Wildman–Crippen MR) is 286 cm³/mol. The smallest absolute Gasteiger partial charge is 0.137 e. The van der Waals surface area contributed by atoms with E-state index in [0.717, 1.165) is 123 Å². The number of benzene rings is 6. The van der Waals surface area contributed by atoms with Gasteiger partial charge in [-0.1, -0.05) is 48.5 Å². The van der Waals surface area contributed by atoms with Gasteiger partial charge in [-0.25, -0.2) is 9.97 Å².